The van der Waals surface area contributed by atoms with Crippen LogP contribution in [-0.4, -0.2) is 69.3 Å². The zero-order chi connectivity index (χ0) is 29.4. The summed E-state index contributed by atoms with van der Waals surface area (Å²) in [6.07, 6.45) is -6.99. The van der Waals surface area contributed by atoms with E-state index in [9.17, 15) is 35.1 Å². The van der Waals surface area contributed by atoms with Crippen molar-refractivity contribution in [2.45, 2.75) is 37.6 Å². The molecule has 0 bridgehead atoms. The SMILES string of the molecule is COc1ccccc1C(=O)O[C@H]1[C@H](Oc2cc(O)c3c(=O)c(O)c(-c4ccc(O)cc4)oc3c2)O[C@@H](C)[C@H](O)[C@H]1O. The second kappa shape index (κ2) is 11.0. The second-order valence-corrected chi connectivity index (χ2v) is 9.35. The minimum absolute atomic E-state index is 0.0420. The van der Waals surface area contributed by atoms with E-state index in [1.54, 1.807) is 18.2 Å². The fourth-order valence-corrected chi connectivity index (χ4v) is 4.50. The van der Waals surface area contributed by atoms with Gasteiger partial charge in [-0.15, -0.1) is 0 Å². The lowest BCUT2D eigenvalue weighted by atomic mass is 9.99. The largest absolute Gasteiger partial charge is 0.508 e. The standard InChI is InChI=1S/C29H26O12/c1-13-22(32)24(34)27(41-28(36)17-5-3-4-6-19(17)37-2)29(38-13)39-16-11-18(31)21-20(12-16)40-26(25(35)23(21)33)14-7-9-15(30)10-8-14/h3-13,22,24,27,29-32,34-35H,1-2H3/t13-,22-,24+,27+,29-/m0/s1. The van der Waals surface area contributed by atoms with Crippen LogP contribution in [-0.2, 0) is 9.47 Å². The number of esters is 1. The van der Waals surface area contributed by atoms with Crippen LogP contribution >= 0.6 is 0 Å². The molecule has 0 aliphatic carbocycles. The number of phenolic OH excluding ortho intramolecular Hbond substituents is 2. The monoisotopic (exact) mass is 566 g/mol. The van der Waals surface area contributed by atoms with Gasteiger partial charge in [0.15, 0.2) is 11.9 Å². The highest BCUT2D eigenvalue weighted by Gasteiger charge is 2.47. The van der Waals surface area contributed by atoms with Crippen molar-refractivity contribution in [1.29, 1.82) is 0 Å². The highest BCUT2D eigenvalue weighted by atomic mass is 16.7. The van der Waals surface area contributed by atoms with Gasteiger partial charge >= 0.3 is 5.97 Å². The summed E-state index contributed by atoms with van der Waals surface area (Å²) in [4.78, 5) is 25.9. The molecular weight excluding hydrogens is 540 g/mol. The first-order valence-corrected chi connectivity index (χ1v) is 12.4. The Labute approximate surface area is 232 Å². The van der Waals surface area contributed by atoms with Crippen molar-refractivity contribution in [3.8, 4) is 40.1 Å². The van der Waals surface area contributed by atoms with Crippen LogP contribution in [0.1, 0.15) is 17.3 Å². The number of aromatic hydroxyl groups is 3. The summed E-state index contributed by atoms with van der Waals surface area (Å²) in [5.41, 5.74) is -0.753. The molecule has 1 aliphatic heterocycles. The van der Waals surface area contributed by atoms with Gasteiger partial charge in [-0.05, 0) is 43.3 Å². The maximum atomic E-state index is 13.0. The first-order chi connectivity index (χ1) is 19.6. The molecule has 41 heavy (non-hydrogen) atoms. The van der Waals surface area contributed by atoms with Crippen molar-refractivity contribution in [3.63, 3.8) is 0 Å². The Morgan fingerprint density at radius 1 is 0.951 bits per heavy atom. The van der Waals surface area contributed by atoms with Crippen LogP contribution in [0.4, 0.5) is 0 Å². The average molecular weight is 567 g/mol. The van der Waals surface area contributed by atoms with Gasteiger partial charge < -0.3 is 48.9 Å². The van der Waals surface area contributed by atoms with E-state index in [4.69, 9.17) is 23.4 Å². The summed E-state index contributed by atoms with van der Waals surface area (Å²) in [6.45, 7) is 1.48. The lowest BCUT2D eigenvalue weighted by Crippen LogP contribution is -2.59. The van der Waals surface area contributed by atoms with E-state index in [0.717, 1.165) is 6.07 Å². The molecule has 1 fully saturated rings. The fourth-order valence-electron chi connectivity index (χ4n) is 4.50. The minimum Gasteiger partial charge on any atom is -0.508 e. The smallest absolute Gasteiger partial charge is 0.342 e. The number of carbonyl (C=O) groups excluding carboxylic acids is 1. The van der Waals surface area contributed by atoms with Crippen LogP contribution in [0.5, 0.6) is 28.7 Å². The number of fused-ring (bicyclic) bond motifs is 1. The molecule has 214 valence electrons. The molecule has 1 aliphatic rings. The van der Waals surface area contributed by atoms with E-state index in [1.807, 2.05) is 0 Å². The van der Waals surface area contributed by atoms with Gasteiger partial charge in [0, 0.05) is 17.7 Å². The van der Waals surface area contributed by atoms with E-state index in [-0.39, 0.29) is 45.1 Å². The van der Waals surface area contributed by atoms with Gasteiger partial charge in [0.2, 0.25) is 17.5 Å². The van der Waals surface area contributed by atoms with Crippen LogP contribution in [0.3, 0.4) is 0 Å². The Morgan fingerprint density at radius 3 is 2.37 bits per heavy atom. The molecule has 0 saturated carbocycles. The molecule has 1 aromatic heterocycles. The van der Waals surface area contributed by atoms with E-state index in [2.05, 4.69) is 0 Å². The second-order valence-electron chi connectivity index (χ2n) is 9.35. The Hall–Kier alpha value is -4.78. The predicted octanol–water partition coefficient (Wildman–Crippen LogP) is 2.66. The number of carbonyl (C=O) groups is 1. The number of benzene rings is 3. The molecule has 12 heteroatoms. The van der Waals surface area contributed by atoms with Crippen molar-refractivity contribution in [3.05, 3.63) is 76.5 Å². The number of phenols is 2. The zero-order valence-electron chi connectivity index (χ0n) is 21.8. The van der Waals surface area contributed by atoms with Gasteiger partial charge in [0.1, 0.15) is 51.7 Å². The molecule has 2 heterocycles. The number of para-hydroxylation sites is 1. The third-order valence-electron chi connectivity index (χ3n) is 6.66. The lowest BCUT2D eigenvalue weighted by Gasteiger charge is -2.40. The van der Waals surface area contributed by atoms with Crippen LogP contribution in [0.15, 0.2) is 69.9 Å². The van der Waals surface area contributed by atoms with Gasteiger partial charge in [0.25, 0.3) is 0 Å². The van der Waals surface area contributed by atoms with E-state index in [0.29, 0.717) is 0 Å². The summed E-state index contributed by atoms with van der Waals surface area (Å²) in [7, 11) is 1.37. The third-order valence-corrected chi connectivity index (χ3v) is 6.66. The zero-order valence-corrected chi connectivity index (χ0v) is 21.8. The van der Waals surface area contributed by atoms with Crippen LogP contribution in [0.25, 0.3) is 22.3 Å². The number of aliphatic hydroxyl groups is 2. The number of hydrogen-bond donors (Lipinski definition) is 5. The molecule has 0 spiro atoms. The molecular formula is C29H26O12. The lowest BCUT2D eigenvalue weighted by molar-refractivity contribution is -0.267. The molecule has 0 radical (unpaired) electrons. The number of hydrogen-bond acceptors (Lipinski definition) is 12. The van der Waals surface area contributed by atoms with Crippen LogP contribution in [0, 0.1) is 0 Å². The summed E-state index contributed by atoms with van der Waals surface area (Å²) in [5.74, 6) is -2.38. The summed E-state index contributed by atoms with van der Waals surface area (Å²) in [5, 5.41) is 51.5. The highest BCUT2D eigenvalue weighted by molar-refractivity contribution is 5.92. The van der Waals surface area contributed by atoms with Crippen LogP contribution < -0.4 is 14.9 Å². The van der Waals surface area contributed by atoms with E-state index >= 15 is 0 Å². The average Bonchev–Trinajstić information content (AvgIpc) is 2.96. The van der Waals surface area contributed by atoms with Crippen molar-refractivity contribution < 1.29 is 53.7 Å². The molecule has 5 atom stereocenters. The molecule has 4 aromatic rings. The normalized spacial score (nSPS) is 22.3. The fraction of sp³-hybridized carbons (Fsp3) is 0.241. The number of ether oxygens (including phenoxy) is 4. The third kappa shape index (κ3) is 5.23. The first kappa shape index (κ1) is 27.8. The van der Waals surface area contributed by atoms with E-state index in [1.165, 1.54) is 50.4 Å². The Morgan fingerprint density at radius 2 is 1.66 bits per heavy atom. The highest BCUT2D eigenvalue weighted by Crippen LogP contribution is 2.37. The summed E-state index contributed by atoms with van der Waals surface area (Å²) in [6, 6.07) is 14.1. The minimum atomic E-state index is -1.62. The Kier molecular flexibility index (Phi) is 7.45. The van der Waals surface area contributed by atoms with E-state index < -0.39 is 53.6 Å². The molecule has 12 nitrogen and oxygen atoms in total. The van der Waals surface area contributed by atoms with Gasteiger partial charge in [0.05, 0.1) is 13.2 Å². The number of methoxy groups -OCH3 is 1. The molecule has 5 N–H and O–H groups in total. The van der Waals surface area contributed by atoms with Crippen LogP contribution in [0.2, 0.25) is 0 Å². The number of aliphatic hydroxyl groups excluding tert-OH is 2. The van der Waals surface area contributed by atoms with Crippen molar-refractivity contribution in [2.24, 2.45) is 0 Å². The van der Waals surface area contributed by atoms with Crippen molar-refractivity contribution in [1.82, 2.24) is 0 Å². The van der Waals surface area contributed by atoms with Crippen molar-refractivity contribution in [2.75, 3.05) is 7.11 Å². The Bertz CT molecular complexity index is 1640. The predicted molar refractivity (Wildman–Crippen MR) is 142 cm³/mol. The molecule has 1 saturated heterocycles. The maximum absolute atomic E-state index is 13.0. The Balaban J connectivity index is 1.50. The molecule has 0 unspecified atom stereocenters. The van der Waals surface area contributed by atoms with Gasteiger partial charge in [-0.3, -0.25) is 4.79 Å². The van der Waals surface area contributed by atoms with Crippen molar-refractivity contribution >= 4 is 16.9 Å². The topological polar surface area (TPSA) is 185 Å². The molecule has 3 aromatic carbocycles. The van der Waals surface area contributed by atoms with Gasteiger partial charge in [-0.2, -0.15) is 0 Å². The summed E-state index contributed by atoms with van der Waals surface area (Å²) < 4.78 is 28.0. The first-order valence-electron chi connectivity index (χ1n) is 12.4. The molecule has 5 rings (SSSR count). The molecule has 0 amide bonds. The van der Waals surface area contributed by atoms with Gasteiger partial charge in [-0.25, -0.2) is 4.79 Å². The quantitative estimate of drug-likeness (QED) is 0.215. The number of rotatable bonds is 6. The van der Waals surface area contributed by atoms with Gasteiger partial charge in [-0.1, -0.05) is 12.1 Å². The summed E-state index contributed by atoms with van der Waals surface area (Å²) >= 11 is 0. The maximum Gasteiger partial charge on any atom is 0.342 e.